The van der Waals surface area contributed by atoms with Crippen LogP contribution >= 0.6 is 0 Å². The highest BCUT2D eigenvalue weighted by Gasteiger charge is 2.48. The number of carbonyl (C=O) groups excluding carboxylic acids is 2. The molecule has 5 nitrogen and oxygen atoms in total. The summed E-state index contributed by atoms with van der Waals surface area (Å²) in [6.07, 6.45) is 3.10. The van der Waals surface area contributed by atoms with E-state index in [2.05, 4.69) is 39.2 Å². The average molecular weight is 356 g/mol. The molecule has 0 aliphatic carbocycles. The zero-order valence-electron chi connectivity index (χ0n) is 16.3. The van der Waals surface area contributed by atoms with Gasteiger partial charge in [-0.15, -0.1) is 0 Å². The van der Waals surface area contributed by atoms with Crippen molar-refractivity contribution in [1.29, 1.82) is 0 Å². The van der Waals surface area contributed by atoms with Crippen LogP contribution < -0.4 is 5.32 Å². The molecule has 138 valence electrons. The molecule has 1 N–H and O–H groups in total. The fraction of sp³-hybridized carbons (Fsp3) is 0.778. The summed E-state index contributed by atoms with van der Waals surface area (Å²) in [6.45, 7) is 17.1. The third-order valence-electron chi connectivity index (χ3n) is 5.18. The van der Waals surface area contributed by atoms with E-state index in [0.717, 1.165) is 0 Å². The third-order valence-corrected chi connectivity index (χ3v) is 9.75. The topological polar surface area (TPSA) is 64.6 Å². The summed E-state index contributed by atoms with van der Waals surface area (Å²) in [7, 11) is -1.93. The van der Waals surface area contributed by atoms with Gasteiger partial charge in [0.25, 0.3) is 0 Å². The van der Waals surface area contributed by atoms with E-state index in [1.165, 1.54) is 6.08 Å². The smallest absolute Gasteiger partial charge is 0.330 e. The van der Waals surface area contributed by atoms with Crippen molar-refractivity contribution in [3.63, 3.8) is 0 Å². The number of amides is 1. The van der Waals surface area contributed by atoms with Crippen LogP contribution in [0.1, 0.15) is 41.5 Å². The SMILES string of the molecule is CCOC(=O)/C=C/[C@H](C)[C@H]1NC(=O)[C@@H]1[C@@H](C)O[Si](C)(C)C(C)(C)C. The Morgan fingerprint density at radius 2 is 1.92 bits per heavy atom. The number of hydrogen-bond donors (Lipinski definition) is 1. The van der Waals surface area contributed by atoms with Crippen LogP contribution in [-0.2, 0) is 18.8 Å². The molecule has 1 aliphatic heterocycles. The van der Waals surface area contributed by atoms with Gasteiger partial charge in [0, 0.05) is 12.1 Å². The summed E-state index contributed by atoms with van der Waals surface area (Å²) in [6, 6.07) is -0.0112. The van der Waals surface area contributed by atoms with Gasteiger partial charge in [-0.25, -0.2) is 4.79 Å². The number of esters is 1. The molecular formula is C18H33NO4Si. The standard InChI is InChI=1S/C18H33NO4Si/c1-9-22-14(20)11-10-12(2)16-15(17(21)19-16)13(3)23-24(7,8)18(4,5)6/h10-13,15-16H,9H2,1-8H3,(H,19,21)/b11-10+/t12-,13+,15+,16+/m0/s1. The van der Waals surface area contributed by atoms with E-state index in [1.807, 2.05) is 13.8 Å². The van der Waals surface area contributed by atoms with E-state index >= 15 is 0 Å². The van der Waals surface area contributed by atoms with Crippen molar-refractivity contribution in [2.45, 2.75) is 71.8 Å². The lowest BCUT2D eigenvalue weighted by Gasteiger charge is -2.46. The molecule has 0 bridgehead atoms. The lowest BCUT2D eigenvalue weighted by molar-refractivity contribution is -0.141. The second-order valence-corrected chi connectivity index (χ2v) is 12.9. The maximum atomic E-state index is 12.1. The van der Waals surface area contributed by atoms with Crippen LogP contribution in [0.25, 0.3) is 0 Å². The van der Waals surface area contributed by atoms with Gasteiger partial charge in [0.1, 0.15) is 0 Å². The molecule has 0 radical (unpaired) electrons. The van der Waals surface area contributed by atoms with E-state index in [4.69, 9.17) is 9.16 Å². The summed E-state index contributed by atoms with van der Waals surface area (Å²) in [4.78, 5) is 23.5. The molecule has 0 spiro atoms. The lowest BCUT2D eigenvalue weighted by atomic mass is 9.79. The van der Waals surface area contributed by atoms with Crippen LogP contribution in [0.3, 0.4) is 0 Å². The zero-order valence-corrected chi connectivity index (χ0v) is 17.3. The first-order valence-electron chi connectivity index (χ1n) is 8.74. The molecule has 0 aromatic rings. The van der Waals surface area contributed by atoms with E-state index < -0.39 is 8.32 Å². The molecule has 1 saturated heterocycles. The minimum absolute atomic E-state index is 0.0112. The van der Waals surface area contributed by atoms with Crippen molar-refractivity contribution in [3.05, 3.63) is 12.2 Å². The van der Waals surface area contributed by atoms with Gasteiger partial charge in [-0.3, -0.25) is 4.79 Å². The van der Waals surface area contributed by atoms with Crippen molar-refractivity contribution in [2.75, 3.05) is 6.61 Å². The number of carbonyl (C=O) groups is 2. The number of nitrogens with one attached hydrogen (secondary N) is 1. The highest BCUT2D eigenvalue weighted by atomic mass is 28.4. The highest BCUT2D eigenvalue weighted by Crippen LogP contribution is 2.39. The molecule has 0 unspecified atom stereocenters. The molecule has 4 atom stereocenters. The minimum Gasteiger partial charge on any atom is -0.463 e. The van der Waals surface area contributed by atoms with Gasteiger partial charge < -0.3 is 14.5 Å². The average Bonchev–Trinajstić information content (AvgIpc) is 2.40. The first-order valence-corrected chi connectivity index (χ1v) is 11.6. The second-order valence-electron chi connectivity index (χ2n) is 8.11. The molecule has 1 fully saturated rings. The Balaban J connectivity index is 2.73. The van der Waals surface area contributed by atoms with Crippen LogP contribution in [0.4, 0.5) is 0 Å². The van der Waals surface area contributed by atoms with Crippen molar-refractivity contribution in [3.8, 4) is 0 Å². The molecule has 1 aliphatic rings. The molecule has 1 heterocycles. The third kappa shape index (κ3) is 4.93. The van der Waals surface area contributed by atoms with E-state index in [-0.39, 0.29) is 40.9 Å². The van der Waals surface area contributed by atoms with Crippen molar-refractivity contribution in [2.24, 2.45) is 11.8 Å². The van der Waals surface area contributed by atoms with E-state index in [1.54, 1.807) is 13.0 Å². The van der Waals surface area contributed by atoms with Crippen LogP contribution in [-0.4, -0.2) is 38.9 Å². The van der Waals surface area contributed by atoms with Gasteiger partial charge >= 0.3 is 5.97 Å². The Kier molecular flexibility index (Phi) is 6.81. The Hall–Kier alpha value is -1.14. The summed E-state index contributed by atoms with van der Waals surface area (Å²) < 4.78 is 11.3. The molecule has 0 aromatic carbocycles. The van der Waals surface area contributed by atoms with Crippen molar-refractivity contribution >= 4 is 20.2 Å². The Bertz CT molecular complexity index is 496. The van der Waals surface area contributed by atoms with Crippen LogP contribution in [0.2, 0.25) is 18.1 Å². The predicted molar refractivity (Wildman–Crippen MR) is 98.1 cm³/mol. The quantitative estimate of drug-likeness (QED) is 0.329. The van der Waals surface area contributed by atoms with E-state index in [0.29, 0.717) is 6.61 Å². The number of rotatable bonds is 7. The first-order chi connectivity index (χ1) is 10.9. The lowest BCUT2D eigenvalue weighted by Crippen LogP contribution is -2.65. The van der Waals surface area contributed by atoms with Crippen LogP contribution in [0, 0.1) is 11.8 Å². The largest absolute Gasteiger partial charge is 0.463 e. The summed E-state index contributed by atoms with van der Waals surface area (Å²) in [5, 5.41) is 3.05. The van der Waals surface area contributed by atoms with Gasteiger partial charge in [0.2, 0.25) is 5.91 Å². The van der Waals surface area contributed by atoms with Gasteiger partial charge in [-0.1, -0.05) is 33.8 Å². The maximum Gasteiger partial charge on any atom is 0.330 e. The van der Waals surface area contributed by atoms with Gasteiger partial charge in [0.05, 0.1) is 18.6 Å². The van der Waals surface area contributed by atoms with Crippen LogP contribution in [0.5, 0.6) is 0 Å². The number of ether oxygens (including phenoxy) is 1. The minimum atomic E-state index is -1.93. The normalized spacial score (nSPS) is 24.2. The van der Waals surface area contributed by atoms with E-state index in [9.17, 15) is 9.59 Å². The molecule has 24 heavy (non-hydrogen) atoms. The summed E-state index contributed by atoms with van der Waals surface area (Å²) in [5.74, 6) is -0.455. The fourth-order valence-corrected chi connectivity index (χ4v) is 4.07. The van der Waals surface area contributed by atoms with Gasteiger partial charge in [-0.2, -0.15) is 0 Å². The first kappa shape index (κ1) is 20.9. The maximum absolute atomic E-state index is 12.1. The van der Waals surface area contributed by atoms with Crippen molar-refractivity contribution < 1.29 is 18.8 Å². The molecular weight excluding hydrogens is 322 g/mol. The molecule has 1 rings (SSSR count). The van der Waals surface area contributed by atoms with Gasteiger partial charge in [-0.05, 0) is 37.9 Å². The second kappa shape index (κ2) is 7.83. The summed E-state index contributed by atoms with van der Waals surface area (Å²) >= 11 is 0. The highest BCUT2D eigenvalue weighted by molar-refractivity contribution is 6.74. The number of β-lactam (4-membered cyclic amide) rings is 1. The number of hydrogen-bond acceptors (Lipinski definition) is 4. The van der Waals surface area contributed by atoms with Gasteiger partial charge in [0.15, 0.2) is 8.32 Å². The van der Waals surface area contributed by atoms with Crippen molar-refractivity contribution in [1.82, 2.24) is 5.32 Å². The fourth-order valence-electron chi connectivity index (χ4n) is 2.64. The monoisotopic (exact) mass is 355 g/mol. The Labute approximate surface area is 147 Å². The molecule has 0 saturated carbocycles. The predicted octanol–water partition coefficient (Wildman–Crippen LogP) is 3.27. The molecule has 1 amide bonds. The zero-order chi connectivity index (χ0) is 18.7. The Morgan fingerprint density at radius 1 is 1.33 bits per heavy atom. The van der Waals surface area contributed by atoms with Crippen LogP contribution in [0.15, 0.2) is 12.2 Å². The summed E-state index contributed by atoms with van der Waals surface area (Å²) in [5.41, 5.74) is 0. The molecule has 0 aromatic heterocycles. The Morgan fingerprint density at radius 3 is 2.38 bits per heavy atom. The molecule has 6 heteroatoms.